The summed E-state index contributed by atoms with van der Waals surface area (Å²) in [5, 5.41) is 6.33. The molecule has 7 rings (SSSR count). The average Bonchev–Trinajstić information content (AvgIpc) is 3.59. The molecule has 2 fully saturated rings. The van der Waals surface area contributed by atoms with Crippen molar-refractivity contribution in [2.24, 2.45) is 11.8 Å². The van der Waals surface area contributed by atoms with Crippen molar-refractivity contribution in [3.05, 3.63) is 96.6 Å². The summed E-state index contributed by atoms with van der Waals surface area (Å²) in [6.07, 6.45) is 5.77. The fraction of sp³-hybridized carbons (Fsp3) is 0.226. The predicted octanol–water partition coefficient (Wildman–Crippen LogP) is 9.37. The summed E-state index contributed by atoms with van der Waals surface area (Å²) in [6, 6.07) is 33.6. The monoisotopic (exact) mass is 445 g/mol. The molecule has 3 atom stereocenters. The molecule has 0 aliphatic heterocycles. The highest BCUT2D eigenvalue weighted by Gasteiger charge is 2.39. The molecule has 2 bridgehead atoms. The van der Waals surface area contributed by atoms with Crippen LogP contribution in [0.2, 0.25) is 0 Å². The summed E-state index contributed by atoms with van der Waals surface area (Å²) in [5.41, 5.74) is 6.35. The van der Waals surface area contributed by atoms with E-state index in [-0.39, 0.29) is 0 Å². The van der Waals surface area contributed by atoms with Crippen LogP contribution in [0.4, 0.5) is 11.4 Å². The standard InChI is InChI=1S/C31H27NS/c1-2-7-30-27(6-1)29-19-23(12-15-31(29)33-30)22-4-3-5-26(18-22)32-25-13-10-21(11-14-25)28-17-20-8-9-24(28)16-20/h1-7,10-15,18-20,24,28,32H,8-9,16-17H2. The lowest BCUT2D eigenvalue weighted by Gasteiger charge is -2.22. The van der Waals surface area contributed by atoms with E-state index in [1.807, 2.05) is 11.3 Å². The minimum absolute atomic E-state index is 0.796. The highest BCUT2D eigenvalue weighted by atomic mass is 32.1. The Hall–Kier alpha value is -3.10. The van der Waals surface area contributed by atoms with Crippen LogP contribution in [0.5, 0.6) is 0 Å². The number of fused-ring (bicyclic) bond motifs is 5. The highest BCUT2D eigenvalue weighted by molar-refractivity contribution is 7.25. The van der Waals surface area contributed by atoms with Gasteiger partial charge in [-0.2, -0.15) is 0 Å². The number of hydrogen-bond donors (Lipinski definition) is 1. The number of benzene rings is 4. The van der Waals surface area contributed by atoms with Crippen molar-refractivity contribution in [3.63, 3.8) is 0 Å². The minimum atomic E-state index is 0.796. The van der Waals surface area contributed by atoms with Crippen LogP contribution in [0.1, 0.15) is 37.2 Å². The third-order valence-electron chi connectivity index (χ3n) is 7.94. The zero-order valence-corrected chi connectivity index (χ0v) is 19.4. The van der Waals surface area contributed by atoms with Gasteiger partial charge in [0.05, 0.1) is 0 Å². The Kier molecular flexibility index (Phi) is 4.55. The Morgan fingerprint density at radius 1 is 0.636 bits per heavy atom. The van der Waals surface area contributed by atoms with Gasteiger partial charge in [0.15, 0.2) is 0 Å². The maximum absolute atomic E-state index is 3.63. The fourth-order valence-corrected chi connectivity index (χ4v) is 7.40. The maximum atomic E-state index is 3.63. The molecule has 3 unspecified atom stereocenters. The van der Waals surface area contributed by atoms with Crippen LogP contribution in [-0.4, -0.2) is 0 Å². The Labute approximate surface area is 199 Å². The van der Waals surface area contributed by atoms with Gasteiger partial charge in [0, 0.05) is 31.5 Å². The molecule has 2 aliphatic carbocycles. The van der Waals surface area contributed by atoms with E-state index in [4.69, 9.17) is 0 Å². The second kappa shape index (κ2) is 7.74. The van der Waals surface area contributed by atoms with Crippen LogP contribution in [-0.2, 0) is 0 Å². The van der Waals surface area contributed by atoms with Crippen molar-refractivity contribution in [2.45, 2.75) is 31.6 Å². The van der Waals surface area contributed by atoms with Gasteiger partial charge in [0.25, 0.3) is 0 Å². The van der Waals surface area contributed by atoms with E-state index < -0.39 is 0 Å². The SMILES string of the molecule is c1cc(Nc2ccc(C3CC4CCC3C4)cc2)cc(-c2ccc3sc4ccccc4c3c2)c1. The van der Waals surface area contributed by atoms with Crippen molar-refractivity contribution in [3.8, 4) is 11.1 Å². The van der Waals surface area contributed by atoms with E-state index in [0.29, 0.717) is 0 Å². The van der Waals surface area contributed by atoms with Crippen LogP contribution in [0.15, 0.2) is 91.0 Å². The summed E-state index contributed by atoms with van der Waals surface area (Å²) in [7, 11) is 0. The Balaban J connectivity index is 1.15. The van der Waals surface area contributed by atoms with E-state index in [2.05, 4.69) is 96.3 Å². The molecule has 0 saturated heterocycles. The molecule has 1 nitrogen and oxygen atoms in total. The molecule has 4 aromatic carbocycles. The van der Waals surface area contributed by atoms with Crippen LogP contribution < -0.4 is 5.32 Å². The van der Waals surface area contributed by atoms with E-state index in [1.165, 1.54) is 68.2 Å². The first-order valence-corrected chi connectivity index (χ1v) is 13.0. The maximum Gasteiger partial charge on any atom is 0.0390 e. The summed E-state index contributed by atoms with van der Waals surface area (Å²) >= 11 is 1.87. The van der Waals surface area contributed by atoms with Gasteiger partial charge in [-0.1, -0.05) is 55.0 Å². The highest BCUT2D eigenvalue weighted by Crippen LogP contribution is 2.52. The van der Waals surface area contributed by atoms with E-state index in [1.54, 1.807) is 0 Å². The molecule has 33 heavy (non-hydrogen) atoms. The van der Waals surface area contributed by atoms with Gasteiger partial charge in [-0.3, -0.25) is 0 Å². The van der Waals surface area contributed by atoms with E-state index in [9.17, 15) is 0 Å². The lowest BCUT2D eigenvalue weighted by atomic mass is 9.83. The first-order chi connectivity index (χ1) is 16.3. The average molecular weight is 446 g/mol. The summed E-state index contributed by atoms with van der Waals surface area (Å²) in [5.74, 6) is 2.72. The van der Waals surface area contributed by atoms with Crippen LogP contribution in [0.3, 0.4) is 0 Å². The van der Waals surface area contributed by atoms with Gasteiger partial charge in [0.1, 0.15) is 0 Å². The normalized spacial score (nSPS) is 21.8. The zero-order chi connectivity index (χ0) is 21.8. The van der Waals surface area contributed by atoms with Crippen LogP contribution >= 0.6 is 11.3 Å². The molecule has 1 aromatic heterocycles. The Morgan fingerprint density at radius 2 is 1.48 bits per heavy atom. The molecule has 5 aromatic rings. The Morgan fingerprint density at radius 3 is 2.33 bits per heavy atom. The molecule has 0 radical (unpaired) electrons. The van der Waals surface area contributed by atoms with Crippen molar-refractivity contribution in [1.29, 1.82) is 0 Å². The molecule has 2 saturated carbocycles. The van der Waals surface area contributed by atoms with Gasteiger partial charge in [-0.05, 0) is 96.2 Å². The second-order valence-corrected chi connectivity index (χ2v) is 11.0. The molecule has 2 aliphatic rings. The minimum Gasteiger partial charge on any atom is -0.356 e. The molecule has 2 heteroatoms. The van der Waals surface area contributed by atoms with Crippen molar-refractivity contribution < 1.29 is 0 Å². The quantitative estimate of drug-likeness (QED) is 0.290. The second-order valence-electron chi connectivity index (χ2n) is 9.92. The smallest absolute Gasteiger partial charge is 0.0390 e. The number of anilines is 2. The van der Waals surface area contributed by atoms with Crippen molar-refractivity contribution >= 4 is 42.9 Å². The van der Waals surface area contributed by atoms with Gasteiger partial charge in [-0.15, -0.1) is 11.3 Å². The molecule has 1 heterocycles. The lowest BCUT2D eigenvalue weighted by Crippen LogP contribution is -2.08. The van der Waals surface area contributed by atoms with Crippen molar-refractivity contribution in [2.75, 3.05) is 5.32 Å². The third-order valence-corrected chi connectivity index (χ3v) is 9.09. The number of thiophene rings is 1. The van der Waals surface area contributed by atoms with Gasteiger partial charge < -0.3 is 5.32 Å². The van der Waals surface area contributed by atoms with E-state index in [0.717, 1.165) is 23.4 Å². The molecule has 0 amide bonds. The van der Waals surface area contributed by atoms with Crippen LogP contribution in [0.25, 0.3) is 31.3 Å². The molecule has 0 spiro atoms. The van der Waals surface area contributed by atoms with Crippen LogP contribution in [0, 0.1) is 11.8 Å². The molecular weight excluding hydrogens is 418 g/mol. The summed E-state index contributed by atoms with van der Waals surface area (Å²) < 4.78 is 2.71. The third kappa shape index (κ3) is 3.45. The number of nitrogens with one attached hydrogen (secondary N) is 1. The lowest BCUT2D eigenvalue weighted by molar-refractivity contribution is 0.420. The number of hydrogen-bond acceptors (Lipinski definition) is 2. The summed E-state index contributed by atoms with van der Waals surface area (Å²) in [6.45, 7) is 0. The van der Waals surface area contributed by atoms with Gasteiger partial charge in [-0.25, -0.2) is 0 Å². The van der Waals surface area contributed by atoms with Gasteiger partial charge in [0.2, 0.25) is 0 Å². The topological polar surface area (TPSA) is 12.0 Å². The fourth-order valence-electron chi connectivity index (χ4n) is 6.32. The van der Waals surface area contributed by atoms with Gasteiger partial charge >= 0.3 is 0 Å². The molecule has 1 N–H and O–H groups in total. The van der Waals surface area contributed by atoms with Crippen molar-refractivity contribution in [1.82, 2.24) is 0 Å². The first kappa shape index (κ1) is 19.4. The molecular formula is C31H27NS. The summed E-state index contributed by atoms with van der Waals surface area (Å²) in [4.78, 5) is 0. The largest absolute Gasteiger partial charge is 0.356 e. The number of rotatable bonds is 4. The first-order valence-electron chi connectivity index (χ1n) is 12.2. The zero-order valence-electron chi connectivity index (χ0n) is 18.6. The molecule has 162 valence electrons. The predicted molar refractivity (Wildman–Crippen MR) is 143 cm³/mol. The van der Waals surface area contributed by atoms with E-state index >= 15 is 0 Å². The Bertz CT molecular complexity index is 1460.